The molecule has 0 atom stereocenters. The Morgan fingerprint density at radius 3 is 2.42 bits per heavy atom. The fraction of sp³-hybridized carbons (Fsp3) is 0.467. The van der Waals surface area contributed by atoms with Gasteiger partial charge in [0.2, 0.25) is 0 Å². The summed E-state index contributed by atoms with van der Waals surface area (Å²) in [7, 11) is 0. The van der Waals surface area contributed by atoms with Crippen molar-refractivity contribution in [3.05, 3.63) is 35.9 Å². The van der Waals surface area contributed by atoms with Gasteiger partial charge in [0.15, 0.2) is 0 Å². The third-order valence-corrected chi connectivity index (χ3v) is 3.76. The zero-order chi connectivity index (χ0) is 13.7. The first kappa shape index (κ1) is 13.4. The van der Waals surface area contributed by atoms with Crippen LogP contribution in [0.4, 0.5) is 4.79 Å². The van der Waals surface area contributed by atoms with Crippen molar-refractivity contribution >= 4 is 6.09 Å². The van der Waals surface area contributed by atoms with E-state index in [2.05, 4.69) is 6.07 Å². The molecule has 4 nitrogen and oxygen atoms in total. The summed E-state index contributed by atoms with van der Waals surface area (Å²) in [6.45, 7) is 0.429. The maximum atomic E-state index is 11.4. The quantitative estimate of drug-likeness (QED) is 0.905. The number of rotatable bonds is 3. The third kappa shape index (κ3) is 3.47. The van der Waals surface area contributed by atoms with Crippen LogP contribution in [0, 0.1) is 17.2 Å². The van der Waals surface area contributed by atoms with Gasteiger partial charge in [-0.3, -0.25) is 0 Å². The van der Waals surface area contributed by atoms with E-state index in [1.54, 1.807) is 0 Å². The normalized spacial score (nSPS) is 22.5. The summed E-state index contributed by atoms with van der Waals surface area (Å²) < 4.78 is 0. The van der Waals surface area contributed by atoms with Crippen molar-refractivity contribution in [3.63, 3.8) is 0 Å². The van der Waals surface area contributed by atoms with Gasteiger partial charge in [-0.1, -0.05) is 30.3 Å². The average molecular weight is 258 g/mol. The van der Waals surface area contributed by atoms with Gasteiger partial charge in [-0.2, -0.15) is 5.26 Å². The van der Waals surface area contributed by atoms with Gasteiger partial charge in [0, 0.05) is 18.5 Å². The maximum Gasteiger partial charge on any atom is 0.407 e. The van der Waals surface area contributed by atoms with Gasteiger partial charge >= 0.3 is 6.09 Å². The van der Waals surface area contributed by atoms with Crippen LogP contribution >= 0.6 is 0 Å². The number of nitrogens with zero attached hydrogens (tertiary/aromatic N) is 2. The number of hydrogen-bond acceptors (Lipinski definition) is 2. The Hall–Kier alpha value is -2.02. The van der Waals surface area contributed by atoms with Crippen LogP contribution in [0.3, 0.4) is 0 Å². The number of carbonyl (C=O) groups is 1. The highest BCUT2D eigenvalue weighted by Gasteiger charge is 2.28. The Balaban J connectivity index is 2.01. The Morgan fingerprint density at radius 2 is 1.89 bits per heavy atom. The summed E-state index contributed by atoms with van der Waals surface area (Å²) in [6, 6.07) is 12.0. The fourth-order valence-corrected chi connectivity index (χ4v) is 2.65. The van der Waals surface area contributed by atoms with Crippen LogP contribution in [0.1, 0.15) is 31.2 Å². The molecule has 100 valence electrons. The topological polar surface area (TPSA) is 64.3 Å². The summed E-state index contributed by atoms with van der Waals surface area (Å²) in [6.07, 6.45) is 2.32. The number of nitriles is 1. The summed E-state index contributed by atoms with van der Waals surface area (Å²) in [4.78, 5) is 12.9. The highest BCUT2D eigenvalue weighted by atomic mass is 16.4. The molecule has 1 fully saturated rings. The number of amides is 1. The molecule has 0 heterocycles. The minimum absolute atomic E-state index is 0.0438. The van der Waals surface area contributed by atoms with Crippen molar-refractivity contribution in [1.29, 1.82) is 5.26 Å². The van der Waals surface area contributed by atoms with Gasteiger partial charge in [0.05, 0.1) is 6.07 Å². The molecule has 2 rings (SSSR count). The van der Waals surface area contributed by atoms with E-state index in [-0.39, 0.29) is 12.0 Å². The highest BCUT2D eigenvalue weighted by Crippen LogP contribution is 2.28. The monoisotopic (exact) mass is 258 g/mol. The molecule has 1 amide bonds. The van der Waals surface area contributed by atoms with Crippen LogP contribution < -0.4 is 0 Å². The summed E-state index contributed by atoms with van der Waals surface area (Å²) in [5.41, 5.74) is 1.01. The fourth-order valence-electron chi connectivity index (χ4n) is 2.65. The predicted octanol–water partition coefficient (Wildman–Crippen LogP) is 3.25. The minimum atomic E-state index is -0.871. The first-order valence-corrected chi connectivity index (χ1v) is 6.64. The van der Waals surface area contributed by atoms with Gasteiger partial charge in [0.1, 0.15) is 0 Å². The highest BCUT2D eigenvalue weighted by molar-refractivity contribution is 5.65. The lowest BCUT2D eigenvalue weighted by Crippen LogP contribution is -2.41. The second-order valence-electron chi connectivity index (χ2n) is 5.03. The number of hydrogen-bond donors (Lipinski definition) is 1. The zero-order valence-corrected chi connectivity index (χ0v) is 10.8. The Kier molecular flexibility index (Phi) is 4.40. The molecule has 1 N–H and O–H groups in total. The van der Waals surface area contributed by atoms with Crippen LogP contribution in [0.5, 0.6) is 0 Å². The molecule has 1 saturated carbocycles. The van der Waals surface area contributed by atoms with Crippen molar-refractivity contribution in [3.8, 4) is 6.07 Å². The molecule has 0 unspecified atom stereocenters. The average Bonchev–Trinajstić information content (AvgIpc) is 2.46. The molecule has 1 aliphatic rings. The smallest absolute Gasteiger partial charge is 0.407 e. The Labute approximate surface area is 113 Å². The molecule has 0 aromatic heterocycles. The molecule has 19 heavy (non-hydrogen) atoms. The van der Waals surface area contributed by atoms with E-state index in [0.29, 0.717) is 6.54 Å². The first-order valence-electron chi connectivity index (χ1n) is 6.64. The van der Waals surface area contributed by atoms with Crippen LogP contribution in [0.25, 0.3) is 0 Å². The summed E-state index contributed by atoms with van der Waals surface area (Å²) in [5, 5.41) is 18.3. The van der Waals surface area contributed by atoms with Crippen LogP contribution in [-0.4, -0.2) is 22.1 Å². The maximum absolute atomic E-state index is 11.4. The zero-order valence-electron chi connectivity index (χ0n) is 10.8. The van der Waals surface area contributed by atoms with Crippen LogP contribution in [0.15, 0.2) is 30.3 Å². The third-order valence-electron chi connectivity index (χ3n) is 3.76. The molecule has 1 aromatic rings. The number of carboxylic acid groups (broad SMARTS) is 1. The Morgan fingerprint density at radius 1 is 1.26 bits per heavy atom. The van der Waals surface area contributed by atoms with Gasteiger partial charge in [-0.15, -0.1) is 0 Å². The van der Waals surface area contributed by atoms with Crippen molar-refractivity contribution < 1.29 is 9.90 Å². The van der Waals surface area contributed by atoms with Crippen molar-refractivity contribution in [2.24, 2.45) is 5.92 Å². The van der Waals surface area contributed by atoms with Gasteiger partial charge < -0.3 is 10.0 Å². The lowest BCUT2D eigenvalue weighted by atomic mass is 9.86. The second kappa shape index (κ2) is 6.24. The molecule has 1 aromatic carbocycles. The molecule has 0 aliphatic heterocycles. The molecule has 0 radical (unpaired) electrons. The lowest BCUT2D eigenvalue weighted by molar-refractivity contribution is 0.103. The van der Waals surface area contributed by atoms with E-state index in [9.17, 15) is 9.90 Å². The predicted molar refractivity (Wildman–Crippen MR) is 71.4 cm³/mol. The van der Waals surface area contributed by atoms with E-state index in [1.165, 1.54) is 4.90 Å². The Bertz CT molecular complexity index is 459. The van der Waals surface area contributed by atoms with E-state index in [4.69, 9.17) is 5.26 Å². The summed E-state index contributed by atoms with van der Waals surface area (Å²) >= 11 is 0. The van der Waals surface area contributed by atoms with E-state index in [1.807, 2.05) is 30.3 Å². The molecule has 1 aliphatic carbocycles. The standard InChI is InChI=1S/C15H18N2O2/c16-10-12-6-8-14(9-7-12)17(15(18)19)11-13-4-2-1-3-5-13/h1-5,12,14H,6-9,11H2,(H,18,19). The molecule has 4 heteroatoms. The molecular formula is C15H18N2O2. The van der Waals surface area contributed by atoms with Crippen molar-refractivity contribution in [2.75, 3.05) is 0 Å². The molecular weight excluding hydrogens is 240 g/mol. The van der Waals surface area contributed by atoms with Crippen molar-refractivity contribution in [2.45, 2.75) is 38.3 Å². The molecule has 0 saturated heterocycles. The summed E-state index contributed by atoms with van der Waals surface area (Å²) in [5.74, 6) is 0.101. The van der Waals surface area contributed by atoms with Gasteiger partial charge in [-0.05, 0) is 31.2 Å². The van der Waals surface area contributed by atoms with E-state index < -0.39 is 6.09 Å². The van der Waals surface area contributed by atoms with E-state index in [0.717, 1.165) is 31.2 Å². The van der Waals surface area contributed by atoms with Crippen molar-refractivity contribution in [1.82, 2.24) is 4.90 Å². The largest absolute Gasteiger partial charge is 0.465 e. The van der Waals surface area contributed by atoms with Gasteiger partial charge in [0.25, 0.3) is 0 Å². The molecule has 0 spiro atoms. The molecule has 0 bridgehead atoms. The van der Waals surface area contributed by atoms with Crippen LogP contribution in [0.2, 0.25) is 0 Å². The van der Waals surface area contributed by atoms with E-state index >= 15 is 0 Å². The van der Waals surface area contributed by atoms with Crippen LogP contribution in [-0.2, 0) is 6.54 Å². The lowest BCUT2D eigenvalue weighted by Gasteiger charge is -2.33. The SMILES string of the molecule is N#CC1CCC(N(Cc2ccccc2)C(=O)O)CC1. The second-order valence-corrected chi connectivity index (χ2v) is 5.03. The van der Waals surface area contributed by atoms with Gasteiger partial charge in [-0.25, -0.2) is 4.79 Å². The number of benzene rings is 1. The first-order chi connectivity index (χ1) is 9.20. The minimum Gasteiger partial charge on any atom is -0.465 e.